The topological polar surface area (TPSA) is 48.8 Å². The van der Waals surface area contributed by atoms with Gasteiger partial charge >= 0.3 is 0 Å². The van der Waals surface area contributed by atoms with Crippen LogP contribution in [0.5, 0.6) is 0 Å². The van der Waals surface area contributed by atoms with E-state index >= 15 is 0 Å². The van der Waals surface area contributed by atoms with Gasteiger partial charge in [-0.05, 0) is 19.5 Å². The summed E-state index contributed by atoms with van der Waals surface area (Å²) in [4.78, 5) is 10.8. The van der Waals surface area contributed by atoms with Crippen molar-refractivity contribution >= 4 is 11.3 Å². The predicted molar refractivity (Wildman–Crippen MR) is 99.6 cm³/mol. The molecule has 1 aromatic heterocycles. The molecule has 0 amide bonds. The van der Waals surface area contributed by atoms with Crippen LogP contribution in [0.1, 0.15) is 11.3 Å². The van der Waals surface area contributed by atoms with Crippen LogP contribution < -0.4 is 0 Å². The first-order valence-electron chi connectivity index (χ1n) is 9.02. The van der Waals surface area contributed by atoms with Crippen molar-refractivity contribution in [1.29, 1.82) is 0 Å². The number of ether oxygens (including phenoxy) is 1. The summed E-state index contributed by atoms with van der Waals surface area (Å²) in [5.41, 5.74) is 1.19. The lowest BCUT2D eigenvalue weighted by Crippen LogP contribution is -2.44. The molecule has 2 aliphatic heterocycles. The summed E-state index contributed by atoms with van der Waals surface area (Å²) in [6.07, 6.45) is 2.82. The molecule has 3 heterocycles. The number of nitrogens with zero attached hydrogens (tertiary/aromatic N) is 3. The van der Waals surface area contributed by atoms with Crippen molar-refractivity contribution in [2.45, 2.75) is 25.1 Å². The number of benzene rings is 1. The molecular weight excluding hydrogens is 334 g/mol. The average Bonchev–Trinajstić information content (AvgIpc) is 3.21. The Kier molecular flexibility index (Phi) is 5.43. The highest BCUT2D eigenvalue weighted by atomic mass is 32.1. The minimum atomic E-state index is -0.332. The van der Waals surface area contributed by atoms with Gasteiger partial charge in [-0.3, -0.25) is 9.80 Å². The fourth-order valence-electron chi connectivity index (χ4n) is 3.68. The van der Waals surface area contributed by atoms with E-state index in [-0.39, 0.29) is 12.1 Å². The maximum absolute atomic E-state index is 10.1. The predicted octanol–water partition coefficient (Wildman–Crippen LogP) is 2.08. The molecule has 1 N–H and O–H groups in total. The lowest BCUT2D eigenvalue weighted by molar-refractivity contribution is 0.0837. The molecule has 2 aromatic rings. The smallest absolute Gasteiger partial charge is 0.123 e. The Morgan fingerprint density at radius 3 is 2.80 bits per heavy atom. The molecule has 0 radical (unpaired) electrons. The molecule has 1 aromatic carbocycles. The van der Waals surface area contributed by atoms with Crippen molar-refractivity contribution in [2.75, 3.05) is 39.4 Å². The summed E-state index contributed by atoms with van der Waals surface area (Å²) >= 11 is 1.79. The van der Waals surface area contributed by atoms with E-state index in [1.54, 1.807) is 11.3 Å². The van der Waals surface area contributed by atoms with Gasteiger partial charge < -0.3 is 9.84 Å². The van der Waals surface area contributed by atoms with E-state index in [4.69, 9.17) is 4.74 Å². The second-order valence-corrected chi connectivity index (χ2v) is 7.95. The van der Waals surface area contributed by atoms with Crippen LogP contribution in [-0.4, -0.2) is 71.4 Å². The van der Waals surface area contributed by atoms with Crippen LogP contribution in [0, 0.1) is 0 Å². The number of rotatable bonds is 4. The lowest BCUT2D eigenvalue weighted by Gasteiger charge is -2.28. The van der Waals surface area contributed by atoms with Gasteiger partial charge in [-0.1, -0.05) is 30.3 Å². The van der Waals surface area contributed by atoms with Crippen molar-refractivity contribution < 1.29 is 9.84 Å². The molecule has 0 unspecified atom stereocenters. The lowest BCUT2D eigenvalue weighted by atomic mass is 10.2. The van der Waals surface area contributed by atoms with Gasteiger partial charge in [0.25, 0.3) is 0 Å². The molecule has 2 atom stereocenters. The van der Waals surface area contributed by atoms with Crippen LogP contribution in [0.3, 0.4) is 0 Å². The molecule has 2 aliphatic rings. The first-order valence-corrected chi connectivity index (χ1v) is 9.83. The van der Waals surface area contributed by atoms with Crippen LogP contribution in [0.15, 0.2) is 36.5 Å². The van der Waals surface area contributed by atoms with E-state index in [9.17, 15) is 5.11 Å². The largest absolute Gasteiger partial charge is 0.389 e. The van der Waals surface area contributed by atoms with E-state index in [0.717, 1.165) is 44.2 Å². The number of aliphatic hydroxyl groups is 1. The molecule has 2 fully saturated rings. The number of hydrogen-bond donors (Lipinski definition) is 1. The van der Waals surface area contributed by atoms with Gasteiger partial charge in [0.1, 0.15) is 5.01 Å². The zero-order valence-corrected chi connectivity index (χ0v) is 15.2. The van der Waals surface area contributed by atoms with Crippen LogP contribution in [-0.2, 0) is 11.3 Å². The van der Waals surface area contributed by atoms with E-state index in [1.165, 1.54) is 10.4 Å². The standard InChI is InChI=1S/C19H25N3O2S/c23-18-14-24-13-17(18)22-8-4-7-21(9-10-22)12-16-11-20-19(25-16)15-5-2-1-3-6-15/h1-3,5-6,11,17-18,23H,4,7-10,12-14H2/t17-,18-/m1/s1. The first kappa shape index (κ1) is 17.1. The number of aromatic nitrogens is 1. The normalized spacial score (nSPS) is 26.0. The molecule has 25 heavy (non-hydrogen) atoms. The van der Waals surface area contributed by atoms with Crippen molar-refractivity contribution in [1.82, 2.24) is 14.8 Å². The van der Waals surface area contributed by atoms with E-state index < -0.39 is 0 Å². The summed E-state index contributed by atoms with van der Waals surface area (Å²) in [5, 5.41) is 11.2. The monoisotopic (exact) mass is 359 g/mol. The Labute approximate surface area is 152 Å². The zero-order valence-electron chi connectivity index (χ0n) is 14.4. The maximum Gasteiger partial charge on any atom is 0.123 e. The second kappa shape index (κ2) is 7.93. The van der Waals surface area contributed by atoms with Crippen LogP contribution >= 0.6 is 11.3 Å². The van der Waals surface area contributed by atoms with E-state index in [0.29, 0.717) is 13.2 Å². The minimum Gasteiger partial charge on any atom is -0.389 e. The molecule has 0 bridgehead atoms. The fraction of sp³-hybridized carbons (Fsp3) is 0.526. The summed E-state index contributed by atoms with van der Waals surface area (Å²) in [6, 6.07) is 10.5. The molecular formula is C19H25N3O2S. The third-order valence-electron chi connectivity index (χ3n) is 5.07. The highest BCUT2D eigenvalue weighted by Gasteiger charge is 2.32. The molecule has 5 nitrogen and oxygen atoms in total. The fourth-order valence-corrected chi connectivity index (χ4v) is 4.64. The third-order valence-corrected chi connectivity index (χ3v) is 6.10. The SMILES string of the molecule is O[C@@H]1COC[C@H]1N1CCCN(Cc2cnc(-c3ccccc3)s2)CC1. The molecule has 4 rings (SSSR count). The summed E-state index contributed by atoms with van der Waals surface area (Å²) in [7, 11) is 0. The van der Waals surface area contributed by atoms with Gasteiger partial charge in [-0.25, -0.2) is 4.98 Å². The highest BCUT2D eigenvalue weighted by molar-refractivity contribution is 7.15. The van der Waals surface area contributed by atoms with Gasteiger partial charge in [0.2, 0.25) is 0 Å². The molecule has 134 valence electrons. The highest BCUT2D eigenvalue weighted by Crippen LogP contribution is 2.26. The Morgan fingerprint density at radius 1 is 1.12 bits per heavy atom. The first-order chi connectivity index (χ1) is 12.3. The van der Waals surface area contributed by atoms with Gasteiger partial charge in [0.05, 0.1) is 25.4 Å². The van der Waals surface area contributed by atoms with Crippen LogP contribution in [0.2, 0.25) is 0 Å². The number of thiazole rings is 1. The van der Waals surface area contributed by atoms with Crippen molar-refractivity contribution in [3.63, 3.8) is 0 Å². The Morgan fingerprint density at radius 2 is 2.00 bits per heavy atom. The Balaban J connectivity index is 1.35. The molecule has 0 aliphatic carbocycles. The van der Waals surface area contributed by atoms with Gasteiger partial charge in [-0.2, -0.15) is 0 Å². The van der Waals surface area contributed by atoms with Gasteiger partial charge in [0, 0.05) is 36.3 Å². The summed E-state index contributed by atoms with van der Waals surface area (Å²) in [5.74, 6) is 0. The molecule has 2 saturated heterocycles. The van der Waals surface area contributed by atoms with Crippen molar-refractivity contribution in [3.05, 3.63) is 41.4 Å². The molecule has 0 saturated carbocycles. The van der Waals surface area contributed by atoms with Gasteiger partial charge in [0.15, 0.2) is 0 Å². The summed E-state index contributed by atoms with van der Waals surface area (Å²) < 4.78 is 5.42. The van der Waals surface area contributed by atoms with Crippen LogP contribution in [0.25, 0.3) is 10.6 Å². The van der Waals surface area contributed by atoms with Crippen molar-refractivity contribution in [2.24, 2.45) is 0 Å². The number of hydrogen-bond acceptors (Lipinski definition) is 6. The van der Waals surface area contributed by atoms with E-state index in [1.807, 2.05) is 12.3 Å². The van der Waals surface area contributed by atoms with Crippen LogP contribution in [0.4, 0.5) is 0 Å². The Bertz CT molecular complexity index is 678. The average molecular weight is 359 g/mol. The van der Waals surface area contributed by atoms with Crippen molar-refractivity contribution in [3.8, 4) is 10.6 Å². The number of aliphatic hydroxyl groups excluding tert-OH is 1. The maximum atomic E-state index is 10.1. The second-order valence-electron chi connectivity index (χ2n) is 6.84. The Hall–Kier alpha value is -1.31. The van der Waals surface area contributed by atoms with E-state index in [2.05, 4.69) is 39.0 Å². The van der Waals surface area contributed by atoms with Gasteiger partial charge in [-0.15, -0.1) is 11.3 Å². The summed E-state index contributed by atoms with van der Waals surface area (Å²) in [6.45, 7) is 6.27. The molecule has 6 heteroatoms. The minimum absolute atomic E-state index is 0.174. The quantitative estimate of drug-likeness (QED) is 0.906. The molecule has 0 spiro atoms. The zero-order chi connectivity index (χ0) is 17.1. The third kappa shape index (κ3) is 4.10.